The van der Waals surface area contributed by atoms with Gasteiger partial charge in [0.15, 0.2) is 0 Å². The van der Waals surface area contributed by atoms with Gasteiger partial charge in [0.2, 0.25) is 0 Å². The number of hydrogen-bond donors (Lipinski definition) is 0. The lowest BCUT2D eigenvalue weighted by molar-refractivity contribution is 0.230. The number of halogens is 1. The number of aromatic nitrogens is 3. The maximum Gasteiger partial charge on any atom is 0.144 e. The smallest absolute Gasteiger partial charge is 0.144 e. The topological polar surface area (TPSA) is 34.0 Å². The van der Waals surface area contributed by atoms with E-state index in [9.17, 15) is 0 Å². The summed E-state index contributed by atoms with van der Waals surface area (Å²) >= 11 is 6.28. The first-order chi connectivity index (χ1) is 13.0. The SMILES string of the molecule is Cc1ccc2c(n1)CCC2=Cn1c2c(c3cc(Cl)cnc31)CN(C)C(C)C2. The molecular formula is C22H23ClN4. The fourth-order valence-corrected chi connectivity index (χ4v) is 4.58. The number of pyridine rings is 2. The van der Waals surface area contributed by atoms with Crippen molar-refractivity contribution in [3.63, 3.8) is 0 Å². The molecule has 1 aliphatic heterocycles. The van der Waals surface area contributed by atoms with Crippen LogP contribution in [0.3, 0.4) is 0 Å². The first kappa shape index (κ1) is 17.0. The van der Waals surface area contributed by atoms with Gasteiger partial charge in [-0.05, 0) is 57.0 Å². The van der Waals surface area contributed by atoms with Gasteiger partial charge in [-0.2, -0.15) is 0 Å². The summed E-state index contributed by atoms with van der Waals surface area (Å²) in [5.41, 5.74) is 8.67. The van der Waals surface area contributed by atoms with Crippen molar-refractivity contribution in [2.24, 2.45) is 0 Å². The van der Waals surface area contributed by atoms with E-state index >= 15 is 0 Å². The van der Waals surface area contributed by atoms with Crippen molar-refractivity contribution in [2.45, 2.75) is 45.7 Å². The summed E-state index contributed by atoms with van der Waals surface area (Å²) < 4.78 is 2.31. The van der Waals surface area contributed by atoms with E-state index in [-0.39, 0.29) is 0 Å². The van der Waals surface area contributed by atoms with Crippen LogP contribution in [-0.2, 0) is 19.4 Å². The van der Waals surface area contributed by atoms with Crippen LogP contribution in [0.25, 0.3) is 22.8 Å². The quantitative estimate of drug-likeness (QED) is 0.614. The molecule has 5 rings (SSSR count). The second-order valence-corrected chi connectivity index (χ2v) is 8.33. The van der Waals surface area contributed by atoms with Crippen molar-refractivity contribution in [2.75, 3.05) is 7.05 Å². The van der Waals surface area contributed by atoms with Crippen LogP contribution < -0.4 is 0 Å². The van der Waals surface area contributed by atoms with Crippen LogP contribution in [0, 0.1) is 6.92 Å². The summed E-state index contributed by atoms with van der Waals surface area (Å²) in [6.45, 7) is 5.28. The predicted molar refractivity (Wildman–Crippen MR) is 111 cm³/mol. The molecule has 1 aliphatic carbocycles. The Bertz CT molecular complexity index is 1100. The largest absolute Gasteiger partial charge is 0.304 e. The Hall–Kier alpha value is -2.17. The Morgan fingerprint density at radius 1 is 1.26 bits per heavy atom. The summed E-state index contributed by atoms with van der Waals surface area (Å²) in [6.07, 6.45) is 7.11. The monoisotopic (exact) mass is 378 g/mol. The van der Waals surface area contributed by atoms with E-state index in [4.69, 9.17) is 21.6 Å². The summed E-state index contributed by atoms with van der Waals surface area (Å²) in [7, 11) is 2.19. The molecule has 4 nitrogen and oxygen atoms in total. The summed E-state index contributed by atoms with van der Waals surface area (Å²) in [4.78, 5) is 11.8. The van der Waals surface area contributed by atoms with Crippen molar-refractivity contribution in [3.8, 4) is 0 Å². The normalized spacial score (nSPS) is 21.0. The molecule has 0 saturated heterocycles. The number of hydrogen-bond acceptors (Lipinski definition) is 3. The Kier molecular flexibility index (Phi) is 3.88. The van der Waals surface area contributed by atoms with Gasteiger partial charge in [0.25, 0.3) is 0 Å². The van der Waals surface area contributed by atoms with Crippen LogP contribution in [0.5, 0.6) is 0 Å². The molecule has 3 aromatic rings. The summed E-state index contributed by atoms with van der Waals surface area (Å²) in [5.74, 6) is 0. The molecule has 0 N–H and O–H groups in total. The molecule has 0 radical (unpaired) electrons. The standard InChI is InChI=1S/C22H23ClN4/c1-13-4-6-17-15(5-7-20(17)25-13)11-27-21-8-14(2)26(3)12-19(21)18-9-16(23)10-24-22(18)27/h4,6,9-11,14H,5,7-8,12H2,1-3H3. The molecule has 27 heavy (non-hydrogen) atoms. The van der Waals surface area contributed by atoms with Gasteiger partial charge in [-0.3, -0.25) is 9.88 Å². The Morgan fingerprint density at radius 2 is 2.11 bits per heavy atom. The minimum Gasteiger partial charge on any atom is -0.304 e. The van der Waals surface area contributed by atoms with Gasteiger partial charge in [-0.25, -0.2) is 4.98 Å². The Morgan fingerprint density at radius 3 is 2.96 bits per heavy atom. The number of nitrogens with zero attached hydrogens (tertiary/aromatic N) is 4. The zero-order valence-electron chi connectivity index (χ0n) is 16.0. The van der Waals surface area contributed by atoms with Gasteiger partial charge >= 0.3 is 0 Å². The van der Waals surface area contributed by atoms with E-state index in [1.807, 2.05) is 0 Å². The average molecular weight is 379 g/mol. The molecule has 1 atom stereocenters. The van der Waals surface area contributed by atoms with E-state index in [1.54, 1.807) is 6.20 Å². The molecule has 4 heterocycles. The number of rotatable bonds is 1. The van der Waals surface area contributed by atoms with E-state index in [0.29, 0.717) is 11.1 Å². The van der Waals surface area contributed by atoms with Crippen LogP contribution in [0.15, 0.2) is 24.4 Å². The van der Waals surface area contributed by atoms with Crippen molar-refractivity contribution in [3.05, 3.63) is 57.6 Å². The molecule has 138 valence electrons. The van der Waals surface area contributed by atoms with Gasteiger partial charge in [0, 0.05) is 59.4 Å². The second kappa shape index (κ2) is 6.18. The molecule has 1 unspecified atom stereocenters. The third-order valence-corrected chi connectivity index (χ3v) is 6.26. The molecule has 3 aromatic heterocycles. The predicted octanol–water partition coefficient (Wildman–Crippen LogP) is 4.71. The van der Waals surface area contributed by atoms with Crippen LogP contribution in [0.1, 0.15) is 41.6 Å². The fraction of sp³-hybridized carbons (Fsp3) is 0.364. The van der Waals surface area contributed by atoms with E-state index in [0.717, 1.165) is 37.1 Å². The Balaban J connectivity index is 1.72. The lowest BCUT2D eigenvalue weighted by Gasteiger charge is -2.30. The van der Waals surface area contributed by atoms with Crippen LogP contribution in [0.4, 0.5) is 0 Å². The molecule has 0 amide bonds. The molecule has 5 heteroatoms. The van der Waals surface area contributed by atoms with Gasteiger partial charge < -0.3 is 4.57 Å². The number of allylic oxidation sites excluding steroid dienone is 1. The highest BCUT2D eigenvalue weighted by atomic mass is 35.5. The highest BCUT2D eigenvalue weighted by Gasteiger charge is 2.27. The zero-order chi connectivity index (χ0) is 18.7. The van der Waals surface area contributed by atoms with Crippen molar-refractivity contribution in [1.29, 1.82) is 0 Å². The summed E-state index contributed by atoms with van der Waals surface area (Å²) in [6, 6.07) is 6.90. The van der Waals surface area contributed by atoms with Crippen molar-refractivity contribution < 1.29 is 0 Å². The van der Waals surface area contributed by atoms with Gasteiger partial charge in [-0.1, -0.05) is 17.7 Å². The molecule has 0 bridgehead atoms. The first-order valence-corrected chi connectivity index (χ1v) is 9.94. The minimum atomic E-state index is 0.509. The molecule has 0 spiro atoms. The molecule has 0 saturated carbocycles. The highest BCUT2D eigenvalue weighted by Crippen LogP contribution is 2.36. The molecule has 2 aliphatic rings. The van der Waals surface area contributed by atoms with Gasteiger partial charge in [0.05, 0.1) is 5.02 Å². The van der Waals surface area contributed by atoms with Gasteiger partial charge in [-0.15, -0.1) is 0 Å². The van der Waals surface area contributed by atoms with Crippen molar-refractivity contribution in [1.82, 2.24) is 19.4 Å². The fourth-order valence-electron chi connectivity index (χ4n) is 4.42. The minimum absolute atomic E-state index is 0.509. The number of fused-ring (bicyclic) bond motifs is 4. The maximum atomic E-state index is 6.28. The highest BCUT2D eigenvalue weighted by molar-refractivity contribution is 6.31. The first-order valence-electron chi connectivity index (χ1n) is 9.56. The van der Waals surface area contributed by atoms with Gasteiger partial charge in [0.1, 0.15) is 5.65 Å². The average Bonchev–Trinajstić information content (AvgIpc) is 3.15. The van der Waals surface area contributed by atoms with E-state index in [2.05, 4.69) is 54.8 Å². The van der Waals surface area contributed by atoms with Crippen molar-refractivity contribution >= 4 is 34.4 Å². The Labute approximate surface area is 164 Å². The lowest BCUT2D eigenvalue weighted by Crippen LogP contribution is -2.35. The van der Waals surface area contributed by atoms with E-state index in [1.165, 1.54) is 33.5 Å². The number of aryl methyl sites for hydroxylation is 2. The maximum absolute atomic E-state index is 6.28. The zero-order valence-corrected chi connectivity index (χ0v) is 16.7. The van der Waals surface area contributed by atoms with Crippen LogP contribution in [0.2, 0.25) is 5.02 Å². The van der Waals surface area contributed by atoms with Crippen LogP contribution >= 0.6 is 11.6 Å². The number of likely N-dealkylation sites (N-methyl/N-ethyl adjacent to an activating group) is 1. The van der Waals surface area contributed by atoms with E-state index < -0.39 is 0 Å². The molecule has 0 aromatic carbocycles. The third kappa shape index (κ3) is 2.70. The lowest BCUT2D eigenvalue weighted by atomic mass is 10.0. The van der Waals surface area contributed by atoms with Crippen LogP contribution in [-0.4, -0.2) is 32.5 Å². The molecule has 0 fully saturated rings. The third-order valence-electron chi connectivity index (χ3n) is 6.05. The summed E-state index contributed by atoms with van der Waals surface area (Å²) in [5, 5.41) is 1.87. The second-order valence-electron chi connectivity index (χ2n) is 7.89. The molecular weight excluding hydrogens is 356 g/mol.